The molecule has 4 rings (SSSR count). The molecule has 0 spiro atoms. The number of allylic oxidation sites excluding steroid dienone is 1. The smallest absolute Gasteiger partial charge is 0.407 e. The van der Waals surface area contributed by atoms with E-state index in [4.69, 9.17) is 14.2 Å². The zero-order valence-corrected chi connectivity index (χ0v) is 37.8. The lowest BCUT2D eigenvalue weighted by atomic mass is 9.47. The molecule has 1 amide bonds. The third-order valence-corrected chi connectivity index (χ3v) is 15.6. The quantitative estimate of drug-likeness (QED) is 0.0513. The lowest BCUT2D eigenvalue weighted by Gasteiger charge is -2.58. The molecule has 4 aliphatic carbocycles. The monoisotopic (exact) mass is 771 g/mol. The highest BCUT2D eigenvalue weighted by Crippen LogP contribution is 2.67. The first-order valence-electron chi connectivity index (χ1n) is 23.0. The normalized spacial score (nSPS) is 31.6. The van der Waals surface area contributed by atoms with Gasteiger partial charge in [-0.3, -0.25) is 5.01 Å². The largest absolute Gasteiger partial charge is 0.446 e. The van der Waals surface area contributed by atoms with Crippen LogP contribution in [0.2, 0.25) is 0 Å². The van der Waals surface area contributed by atoms with E-state index in [1.54, 1.807) is 12.6 Å². The number of alkyl carbamates (subject to hydrolysis) is 1. The molecule has 55 heavy (non-hydrogen) atoms. The maximum Gasteiger partial charge on any atom is 0.407 e. The molecule has 1 N–H and O–H groups in total. The SMILES string of the molecule is CCC(C)CN(CCC(C)(CC)OCCC(C)(C)OCCNC(=O)OC1CCC2(C)C(=CCC3C2CCC2(C)C(C(C)CCCC(C)C)CCC32)C1)N=NC. The molecule has 10 atom stereocenters. The van der Waals surface area contributed by atoms with Crippen molar-refractivity contribution in [2.24, 2.45) is 62.6 Å². The summed E-state index contributed by atoms with van der Waals surface area (Å²) in [4.78, 5) is 12.9. The van der Waals surface area contributed by atoms with Crippen LogP contribution in [0.3, 0.4) is 0 Å². The molecular formula is C47H86N4O4. The Kier molecular flexibility index (Phi) is 17.0. The van der Waals surface area contributed by atoms with Crippen LogP contribution in [-0.2, 0) is 14.2 Å². The molecule has 0 aromatic heterocycles. The maximum absolute atomic E-state index is 12.9. The molecule has 10 unspecified atom stereocenters. The highest BCUT2D eigenvalue weighted by Gasteiger charge is 2.59. The van der Waals surface area contributed by atoms with Gasteiger partial charge in [-0.2, -0.15) is 5.11 Å². The third kappa shape index (κ3) is 12.2. The molecule has 8 heteroatoms. The molecule has 8 nitrogen and oxygen atoms in total. The number of ether oxygens (including phenoxy) is 3. The predicted molar refractivity (Wildman–Crippen MR) is 227 cm³/mol. The molecule has 0 heterocycles. The molecule has 0 bridgehead atoms. The van der Waals surface area contributed by atoms with Crippen molar-refractivity contribution in [1.29, 1.82) is 0 Å². The summed E-state index contributed by atoms with van der Waals surface area (Å²) in [5, 5.41) is 13.4. The van der Waals surface area contributed by atoms with Crippen molar-refractivity contribution in [3.8, 4) is 0 Å². The van der Waals surface area contributed by atoms with E-state index in [2.05, 4.69) is 103 Å². The number of carbonyl (C=O) groups is 1. The molecule has 0 radical (unpaired) electrons. The second-order valence-electron chi connectivity index (χ2n) is 20.5. The van der Waals surface area contributed by atoms with Crippen LogP contribution in [0.5, 0.6) is 0 Å². The van der Waals surface area contributed by atoms with Gasteiger partial charge in [0.05, 0.1) is 31.5 Å². The fraction of sp³-hybridized carbons (Fsp3) is 0.936. The number of nitrogens with zero attached hydrogens (tertiary/aromatic N) is 3. The van der Waals surface area contributed by atoms with Crippen molar-refractivity contribution in [3.05, 3.63) is 11.6 Å². The van der Waals surface area contributed by atoms with Gasteiger partial charge in [-0.1, -0.05) is 97.9 Å². The summed E-state index contributed by atoms with van der Waals surface area (Å²) in [6.07, 6.45) is 20.0. The average molecular weight is 771 g/mol. The summed E-state index contributed by atoms with van der Waals surface area (Å²) >= 11 is 0. The van der Waals surface area contributed by atoms with Crippen molar-refractivity contribution < 1.29 is 19.0 Å². The summed E-state index contributed by atoms with van der Waals surface area (Å²) in [5.41, 5.74) is 1.75. The lowest BCUT2D eigenvalue weighted by molar-refractivity contribution is -0.0842. The first-order chi connectivity index (χ1) is 26.0. The van der Waals surface area contributed by atoms with Gasteiger partial charge in [0.25, 0.3) is 0 Å². The maximum atomic E-state index is 12.9. The standard InChI is InChI=1S/C47H86N4O4/c1-13-35(5)33-51(50-48-12)29-26-45(9,14-2)54-30-27-44(7,8)53-31-28-49-43(52)55-38-22-24-46(10)37(32-38)18-19-39-41-21-20-40(36(6)17-15-16-34(3)4)47(41,11)25-23-42(39)46/h18,34-36,38-42H,13-17,19-33H2,1-12H3,(H,49,52). The lowest BCUT2D eigenvalue weighted by Crippen LogP contribution is -2.51. The minimum absolute atomic E-state index is 0.0400. The van der Waals surface area contributed by atoms with Gasteiger partial charge in [0.15, 0.2) is 0 Å². The van der Waals surface area contributed by atoms with Crippen LogP contribution >= 0.6 is 0 Å². The van der Waals surface area contributed by atoms with Gasteiger partial charge in [-0.15, -0.1) is 0 Å². The number of fused-ring (bicyclic) bond motifs is 5. The molecule has 318 valence electrons. The Labute approximate surface area is 338 Å². The van der Waals surface area contributed by atoms with Gasteiger partial charge in [0.1, 0.15) is 6.10 Å². The van der Waals surface area contributed by atoms with E-state index in [0.717, 1.165) is 93.5 Å². The average Bonchev–Trinajstić information content (AvgIpc) is 3.49. The van der Waals surface area contributed by atoms with Gasteiger partial charge in [0.2, 0.25) is 0 Å². The van der Waals surface area contributed by atoms with Crippen LogP contribution in [0.1, 0.15) is 172 Å². The van der Waals surface area contributed by atoms with Crippen LogP contribution in [0, 0.1) is 52.3 Å². The molecule has 4 aliphatic rings. The second kappa shape index (κ2) is 20.3. The molecule has 0 saturated heterocycles. The molecule has 0 aromatic rings. The Morgan fingerprint density at radius 2 is 1.75 bits per heavy atom. The van der Waals surface area contributed by atoms with E-state index in [1.165, 1.54) is 51.4 Å². The van der Waals surface area contributed by atoms with E-state index in [-0.39, 0.29) is 28.8 Å². The minimum atomic E-state index is -0.361. The first kappa shape index (κ1) is 46.0. The van der Waals surface area contributed by atoms with Gasteiger partial charge < -0.3 is 19.5 Å². The molecular weight excluding hydrogens is 685 g/mol. The van der Waals surface area contributed by atoms with E-state index >= 15 is 0 Å². The van der Waals surface area contributed by atoms with Gasteiger partial charge in [0, 0.05) is 26.1 Å². The number of rotatable bonds is 22. The predicted octanol–water partition coefficient (Wildman–Crippen LogP) is 12.2. The summed E-state index contributed by atoms with van der Waals surface area (Å²) < 4.78 is 18.7. The van der Waals surface area contributed by atoms with E-state index < -0.39 is 0 Å². The topological polar surface area (TPSA) is 84.8 Å². The van der Waals surface area contributed by atoms with Crippen molar-refractivity contribution >= 4 is 6.09 Å². The second-order valence-corrected chi connectivity index (χ2v) is 20.5. The van der Waals surface area contributed by atoms with Crippen LogP contribution in [0.4, 0.5) is 4.79 Å². The van der Waals surface area contributed by atoms with Gasteiger partial charge in [-0.05, 0) is 137 Å². The summed E-state index contributed by atoms with van der Waals surface area (Å²) in [6.45, 7) is 28.8. The Balaban J connectivity index is 1.17. The minimum Gasteiger partial charge on any atom is -0.446 e. The molecule has 0 aromatic carbocycles. The fourth-order valence-electron chi connectivity index (χ4n) is 11.5. The fourth-order valence-corrected chi connectivity index (χ4v) is 11.5. The Bertz CT molecular complexity index is 1250. The zero-order valence-electron chi connectivity index (χ0n) is 37.8. The van der Waals surface area contributed by atoms with Gasteiger partial charge >= 0.3 is 6.09 Å². The molecule has 3 saturated carbocycles. The van der Waals surface area contributed by atoms with Crippen molar-refractivity contribution in [2.45, 2.75) is 190 Å². The summed E-state index contributed by atoms with van der Waals surface area (Å²) in [5.74, 6) is 5.60. The molecule has 3 fully saturated rings. The highest BCUT2D eigenvalue weighted by molar-refractivity contribution is 5.67. The van der Waals surface area contributed by atoms with E-state index in [1.807, 2.05) is 0 Å². The van der Waals surface area contributed by atoms with Crippen molar-refractivity contribution in [1.82, 2.24) is 10.3 Å². The van der Waals surface area contributed by atoms with Crippen LogP contribution in [-0.4, -0.2) is 68.3 Å². The third-order valence-electron chi connectivity index (χ3n) is 15.6. The Hall–Kier alpha value is -1.67. The van der Waals surface area contributed by atoms with E-state index in [9.17, 15) is 4.79 Å². The summed E-state index contributed by atoms with van der Waals surface area (Å²) in [7, 11) is 1.73. The van der Waals surface area contributed by atoms with Gasteiger partial charge in [-0.25, -0.2) is 4.79 Å². The van der Waals surface area contributed by atoms with Crippen molar-refractivity contribution in [2.75, 3.05) is 39.9 Å². The zero-order chi connectivity index (χ0) is 40.4. The van der Waals surface area contributed by atoms with Crippen LogP contribution < -0.4 is 5.32 Å². The number of carbonyl (C=O) groups excluding carboxylic acids is 1. The Morgan fingerprint density at radius 1 is 0.982 bits per heavy atom. The molecule has 0 aliphatic heterocycles. The van der Waals surface area contributed by atoms with E-state index in [0.29, 0.717) is 31.1 Å². The number of hydrogen-bond donors (Lipinski definition) is 1. The van der Waals surface area contributed by atoms with Crippen LogP contribution in [0.15, 0.2) is 22.0 Å². The Morgan fingerprint density at radius 3 is 2.44 bits per heavy atom. The van der Waals surface area contributed by atoms with Crippen molar-refractivity contribution in [3.63, 3.8) is 0 Å². The number of amides is 1. The summed E-state index contributed by atoms with van der Waals surface area (Å²) in [6, 6.07) is 0. The number of hydrogen-bond acceptors (Lipinski definition) is 6. The number of nitrogens with one attached hydrogen (secondary N) is 1. The first-order valence-corrected chi connectivity index (χ1v) is 23.0. The van der Waals surface area contributed by atoms with Crippen LogP contribution in [0.25, 0.3) is 0 Å². The highest BCUT2D eigenvalue weighted by atomic mass is 16.6.